The van der Waals surface area contributed by atoms with Crippen molar-refractivity contribution in [1.82, 2.24) is 0 Å². The third-order valence-corrected chi connectivity index (χ3v) is 2.64. The molecular weight excluding hydrogens is 256 g/mol. The molecule has 0 aromatic heterocycles. The third kappa shape index (κ3) is 7.26. The zero-order valence-corrected chi connectivity index (χ0v) is 11.4. The van der Waals surface area contributed by atoms with Gasteiger partial charge in [0.1, 0.15) is 12.4 Å². The van der Waals surface area contributed by atoms with Gasteiger partial charge in [0.05, 0.1) is 26.1 Å². The highest BCUT2D eigenvalue weighted by molar-refractivity contribution is 7.85. The topological polar surface area (TPSA) is 61.8 Å². The van der Waals surface area contributed by atoms with Crippen LogP contribution in [0.2, 0.25) is 0 Å². The molecule has 0 radical (unpaired) electrons. The van der Waals surface area contributed by atoms with Gasteiger partial charge in [0.25, 0.3) is 10.1 Å². The normalized spacial score (nSPS) is 11.4. The molecule has 102 valence electrons. The smallest absolute Gasteiger partial charge is 0.264 e. The second-order valence-corrected chi connectivity index (χ2v) is 5.44. The van der Waals surface area contributed by atoms with E-state index in [2.05, 4.69) is 4.18 Å². The molecule has 1 aromatic rings. The monoisotopic (exact) mass is 274 g/mol. The van der Waals surface area contributed by atoms with Crippen LogP contribution >= 0.6 is 0 Å². The summed E-state index contributed by atoms with van der Waals surface area (Å²) in [4.78, 5) is 0. The van der Waals surface area contributed by atoms with Gasteiger partial charge in [0, 0.05) is 0 Å². The first-order valence-corrected chi connectivity index (χ1v) is 7.40. The number of hydrogen-bond acceptors (Lipinski definition) is 5. The van der Waals surface area contributed by atoms with Crippen molar-refractivity contribution in [3.63, 3.8) is 0 Å². The predicted octanol–water partition coefficient (Wildman–Crippen LogP) is 1.37. The van der Waals surface area contributed by atoms with Crippen LogP contribution in [0.3, 0.4) is 0 Å². The number of ether oxygens (including phenoxy) is 2. The van der Waals surface area contributed by atoms with Crippen molar-refractivity contribution < 1.29 is 22.1 Å². The van der Waals surface area contributed by atoms with Crippen LogP contribution < -0.4 is 4.74 Å². The third-order valence-electron chi connectivity index (χ3n) is 2.04. The maximum Gasteiger partial charge on any atom is 0.264 e. The Morgan fingerprint density at radius 2 is 1.61 bits per heavy atom. The van der Waals surface area contributed by atoms with Gasteiger partial charge in [0.2, 0.25) is 0 Å². The van der Waals surface area contributed by atoms with E-state index in [0.717, 1.165) is 12.0 Å². The lowest BCUT2D eigenvalue weighted by molar-refractivity contribution is 0.0781. The van der Waals surface area contributed by atoms with E-state index in [0.29, 0.717) is 13.2 Å². The highest BCUT2D eigenvalue weighted by atomic mass is 32.2. The van der Waals surface area contributed by atoms with Crippen LogP contribution in [0.5, 0.6) is 5.75 Å². The zero-order chi connectivity index (χ0) is 13.4. The first-order valence-electron chi connectivity index (χ1n) is 5.59. The summed E-state index contributed by atoms with van der Waals surface area (Å²) in [5.74, 6) is 0.789. The fourth-order valence-electron chi connectivity index (χ4n) is 1.20. The summed E-state index contributed by atoms with van der Waals surface area (Å²) >= 11 is 0. The van der Waals surface area contributed by atoms with Crippen LogP contribution in [-0.2, 0) is 19.0 Å². The van der Waals surface area contributed by atoms with Crippen LogP contribution in [0.4, 0.5) is 0 Å². The molecule has 0 heterocycles. The zero-order valence-electron chi connectivity index (χ0n) is 10.6. The maximum absolute atomic E-state index is 10.6. The fourth-order valence-corrected chi connectivity index (χ4v) is 1.57. The van der Waals surface area contributed by atoms with E-state index < -0.39 is 10.1 Å². The van der Waals surface area contributed by atoms with Gasteiger partial charge in [-0.2, -0.15) is 8.42 Å². The van der Waals surface area contributed by atoms with Crippen LogP contribution in [-0.4, -0.2) is 41.1 Å². The van der Waals surface area contributed by atoms with E-state index in [1.165, 1.54) is 5.56 Å². The molecule has 0 N–H and O–H groups in total. The minimum atomic E-state index is -3.38. The predicted molar refractivity (Wildman–Crippen MR) is 68.3 cm³/mol. The van der Waals surface area contributed by atoms with E-state index in [4.69, 9.17) is 9.47 Å². The number of benzene rings is 1. The van der Waals surface area contributed by atoms with Crippen molar-refractivity contribution in [3.8, 4) is 5.75 Å². The summed E-state index contributed by atoms with van der Waals surface area (Å²) in [6.07, 6.45) is 1.01. The van der Waals surface area contributed by atoms with Gasteiger partial charge in [-0.3, -0.25) is 4.18 Å². The minimum Gasteiger partial charge on any atom is -0.491 e. The van der Waals surface area contributed by atoms with Crippen LogP contribution in [0, 0.1) is 6.92 Å². The van der Waals surface area contributed by atoms with Crippen LogP contribution in [0.15, 0.2) is 24.3 Å². The molecule has 6 heteroatoms. The highest BCUT2D eigenvalue weighted by Crippen LogP contribution is 2.10. The minimum absolute atomic E-state index is 0.0311. The molecule has 0 bridgehead atoms. The molecule has 0 saturated heterocycles. The van der Waals surface area contributed by atoms with E-state index in [1.807, 2.05) is 31.2 Å². The second kappa shape index (κ2) is 7.35. The summed E-state index contributed by atoms with van der Waals surface area (Å²) in [5.41, 5.74) is 1.18. The van der Waals surface area contributed by atoms with Gasteiger partial charge in [-0.1, -0.05) is 17.7 Å². The van der Waals surface area contributed by atoms with Crippen LogP contribution in [0.25, 0.3) is 0 Å². The van der Waals surface area contributed by atoms with E-state index in [-0.39, 0.29) is 13.2 Å². The Balaban J connectivity index is 2.04. The lowest BCUT2D eigenvalue weighted by atomic mass is 10.2. The Kier molecular flexibility index (Phi) is 6.11. The summed E-state index contributed by atoms with van der Waals surface area (Å²) < 4.78 is 36.4. The molecule has 0 unspecified atom stereocenters. The van der Waals surface area contributed by atoms with Gasteiger partial charge >= 0.3 is 0 Å². The maximum atomic E-state index is 10.6. The Hall–Kier alpha value is -1.11. The van der Waals surface area contributed by atoms with Crippen molar-refractivity contribution in [1.29, 1.82) is 0 Å². The number of aryl methyl sites for hydroxylation is 1. The summed E-state index contributed by atoms with van der Waals surface area (Å²) in [5, 5.41) is 0. The summed E-state index contributed by atoms with van der Waals surface area (Å²) in [6.45, 7) is 3.07. The molecule has 0 aliphatic carbocycles. The first-order chi connectivity index (χ1) is 8.47. The Morgan fingerprint density at radius 3 is 2.22 bits per heavy atom. The Bertz CT molecular complexity index is 438. The summed E-state index contributed by atoms with van der Waals surface area (Å²) in [6, 6.07) is 7.72. The summed E-state index contributed by atoms with van der Waals surface area (Å²) in [7, 11) is -3.38. The largest absolute Gasteiger partial charge is 0.491 e. The van der Waals surface area contributed by atoms with Crippen molar-refractivity contribution in [2.75, 3.05) is 32.7 Å². The molecule has 0 amide bonds. The lowest BCUT2D eigenvalue weighted by Crippen LogP contribution is -2.13. The van der Waals surface area contributed by atoms with E-state index in [1.54, 1.807) is 0 Å². The number of rotatable bonds is 8. The molecular formula is C12H18O5S. The second-order valence-electron chi connectivity index (χ2n) is 3.80. The van der Waals surface area contributed by atoms with Crippen molar-refractivity contribution in [3.05, 3.63) is 29.8 Å². The van der Waals surface area contributed by atoms with E-state index in [9.17, 15) is 8.42 Å². The average Bonchev–Trinajstić information content (AvgIpc) is 2.29. The molecule has 0 aliphatic heterocycles. The molecule has 1 aromatic carbocycles. The molecule has 18 heavy (non-hydrogen) atoms. The SMILES string of the molecule is Cc1ccc(OCCOCCOS(C)(=O)=O)cc1. The molecule has 0 fully saturated rings. The van der Waals surface area contributed by atoms with Crippen LogP contribution in [0.1, 0.15) is 5.56 Å². The molecule has 0 aliphatic rings. The van der Waals surface area contributed by atoms with Gasteiger partial charge < -0.3 is 9.47 Å². The molecule has 0 spiro atoms. The Morgan fingerprint density at radius 1 is 1.00 bits per heavy atom. The van der Waals surface area contributed by atoms with Gasteiger partial charge in [-0.05, 0) is 19.1 Å². The van der Waals surface area contributed by atoms with Gasteiger partial charge in [-0.25, -0.2) is 0 Å². The standard InChI is InChI=1S/C12H18O5S/c1-11-3-5-12(6-4-11)16-9-7-15-8-10-17-18(2,13)14/h3-6H,7-10H2,1-2H3. The van der Waals surface area contributed by atoms with Crippen molar-refractivity contribution in [2.45, 2.75) is 6.92 Å². The first kappa shape index (κ1) is 14.9. The molecule has 0 saturated carbocycles. The van der Waals surface area contributed by atoms with E-state index >= 15 is 0 Å². The fraction of sp³-hybridized carbons (Fsp3) is 0.500. The average molecular weight is 274 g/mol. The molecule has 0 atom stereocenters. The van der Waals surface area contributed by atoms with Crippen molar-refractivity contribution >= 4 is 10.1 Å². The quantitative estimate of drug-likeness (QED) is 0.529. The molecule has 1 rings (SSSR count). The highest BCUT2D eigenvalue weighted by Gasteiger charge is 2.00. The Labute approximate surface area is 108 Å². The number of hydrogen-bond donors (Lipinski definition) is 0. The van der Waals surface area contributed by atoms with Crippen molar-refractivity contribution in [2.24, 2.45) is 0 Å². The van der Waals surface area contributed by atoms with Gasteiger partial charge in [0.15, 0.2) is 0 Å². The van der Waals surface area contributed by atoms with Gasteiger partial charge in [-0.15, -0.1) is 0 Å². The lowest BCUT2D eigenvalue weighted by Gasteiger charge is -2.07. The molecule has 5 nitrogen and oxygen atoms in total.